The number of para-hydroxylation sites is 1. The maximum atomic E-state index is 13.9. The van der Waals surface area contributed by atoms with Crippen LogP contribution in [0.15, 0.2) is 77.7 Å². The Morgan fingerprint density at radius 3 is 2.34 bits per heavy atom. The van der Waals surface area contributed by atoms with Gasteiger partial charge in [0, 0.05) is 5.02 Å². The van der Waals surface area contributed by atoms with Crippen LogP contribution in [0, 0.1) is 12.7 Å². The molecule has 0 aliphatic carbocycles. The summed E-state index contributed by atoms with van der Waals surface area (Å²) in [5, 5.41) is 2.86. The minimum absolute atomic E-state index is 0.0256. The summed E-state index contributed by atoms with van der Waals surface area (Å²) >= 11 is 5.99. The van der Waals surface area contributed by atoms with Crippen LogP contribution in [0.3, 0.4) is 0 Å². The first-order chi connectivity index (χ1) is 13.8. The van der Waals surface area contributed by atoms with Gasteiger partial charge in [-0.2, -0.15) is 0 Å². The van der Waals surface area contributed by atoms with Gasteiger partial charge in [0.05, 0.1) is 16.3 Å². The topological polar surface area (TPSA) is 66.5 Å². The van der Waals surface area contributed by atoms with Crippen molar-refractivity contribution in [2.75, 3.05) is 16.2 Å². The Hall–Kier alpha value is -2.90. The number of carbonyl (C=O) groups excluding carboxylic acids is 1. The van der Waals surface area contributed by atoms with Crippen LogP contribution >= 0.6 is 11.6 Å². The van der Waals surface area contributed by atoms with Gasteiger partial charge in [0.25, 0.3) is 10.0 Å². The molecule has 29 heavy (non-hydrogen) atoms. The van der Waals surface area contributed by atoms with Crippen LogP contribution in [0.2, 0.25) is 5.02 Å². The lowest BCUT2D eigenvalue weighted by Gasteiger charge is -2.25. The summed E-state index contributed by atoms with van der Waals surface area (Å²) in [6.45, 7) is 1.16. The molecule has 0 heterocycles. The van der Waals surface area contributed by atoms with Gasteiger partial charge in [-0.3, -0.25) is 9.10 Å². The Labute approximate surface area is 173 Å². The number of benzene rings is 3. The average molecular weight is 433 g/mol. The highest BCUT2D eigenvalue weighted by atomic mass is 35.5. The largest absolute Gasteiger partial charge is 0.322 e. The van der Waals surface area contributed by atoms with Crippen molar-refractivity contribution in [3.8, 4) is 0 Å². The van der Waals surface area contributed by atoms with Crippen LogP contribution in [0.5, 0.6) is 0 Å². The Bertz CT molecular complexity index is 1140. The van der Waals surface area contributed by atoms with E-state index in [0.29, 0.717) is 16.3 Å². The molecule has 3 aromatic carbocycles. The number of anilines is 2. The minimum Gasteiger partial charge on any atom is -0.322 e. The highest BCUT2D eigenvalue weighted by Crippen LogP contribution is 2.29. The molecule has 1 N–H and O–H groups in total. The summed E-state index contributed by atoms with van der Waals surface area (Å²) in [5.41, 5.74) is 0.861. The molecule has 0 fully saturated rings. The normalized spacial score (nSPS) is 11.1. The van der Waals surface area contributed by atoms with Crippen molar-refractivity contribution in [2.24, 2.45) is 0 Å². The molecule has 3 rings (SSSR count). The molecule has 0 saturated carbocycles. The summed E-state index contributed by atoms with van der Waals surface area (Å²) in [6.07, 6.45) is 0. The van der Waals surface area contributed by atoms with Crippen molar-refractivity contribution in [1.82, 2.24) is 0 Å². The van der Waals surface area contributed by atoms with Crippen LogP contribution < -0.4 is 9.62 Å². The maximum absolute atomic E-state index is 13.9. The number of nitrogens with zero attached hydrogens (tertiary/aromatic N) is 1. The number of halogens is 2. The number of amides is 1. The molecule has 1 amide bonds. The number of sulfonamides is 1. The van der Waals surface area contributed by atoms with E-state index in [-0.39, 0.29) is 10.6 Å². The molecular formula is C21H18ClFN2O3S. The smallest absolute Gasteiger partial charge is 0.264 e. The number of nitrogens with one attached hydrogen (secondary N) is 1. The molecule has 0 spiro atoms. The number of rotatable bonds is 6. The lowest BCUT2D eigenvalue weighted by Crippen LogP contribution is -2.38. The van der Waals surface area contributed by atoms with Gasteiger partial charge in [0.15, 0.2) is 0 Å². The second-order valence-electron chi connectivity index (χ2n) is 6.28. The third-order valence-corrected chi connectivity index (χ3v) is 6.20. The van der Waals surface area contributed by atoms with E-state index >= 15 is 0 Å². The molecule has 8 heteroatoms. The molecule has 0 saturated heterocycles. The van der Waals surface area contributed by atoms with Gasteiger partial charge in [0.1, 0.15) is 12.4 Å². The maximum Gasteiger partial charge on any atom is 0.264 e. The second kappa shape index (κ2) is 8.63. The molecular weight excluding hydrogens is 415 g/mol. The lowest BCUT2D eigenvalue weighted by atomic mass is 10.2. The van der Waals surface area contributed by atoms with E-state index in [9.17, 15) is 17.6 Å². The fourth-order valence-electron chi connectivity index (χ4n) is 2.80. The third-order valence-electron chi connectivity index (χ3n) is 4.19. The predicted molar refractivity (Wildman–Crippen MR) is 112 cm³/mol. The SMILES string of the molecule is Cc1cc(Cl)ccc1N(CC(=O)Nc1ccccc1F)S(=O)(=O)c1ccccc1. The summed E-state index contributed by atoms with van der Waals surface area (Å²) < 4.78 is 41.4. The van der Waals surface area contributed by atoms with Crippen LogP contribution in [0.25, 0.3) is 0 Å². The second-order valence-corrected chi connectivity index (χ2v) is 8.58. The number of hydrogen-bond acceptors (Lipinski definition) is 3. The molecule has 3 aromatic rings. The Kier molecular flexibility index (Phi) is 6.20. The van der Waals surface area contributed by atoms with Crippen LogP contribution in [-0.4, -0.2) is 20.9 Å². The van der Waals surface area contributed by atoms with E-state index in [4.69, 9.17) is 11.6 Å². The quantitative estimate of drug-likeness (QED) is 0.618. The first kappa shape index (κ1) is 20.8. The Morgan fingerprint density at radius 2 is 1.69 bits per heavy atom. The highest BCUT2D eigenvalue weighted by Gasteiger charge is 2.28. The monoisotopic (exact) mass is 432 g/mol. The van der Waals surface area contributed by atoms with Crippen molar-refractivity contribution < 1.29 is 17.6 Å². The number of carbonyl (C=O) groups is 1. The van der Waals surface area contributed by atoms with Gasteiger partial charge < -0.3 is 5.32 Å². The molecule has 0 radical (unpaired) electrons. The molecule has 0 atom stereocenters. The Balaban J connectivity index is 1.99. The zero-order valence-electron chi connectivity index (χ0n) is 15.5. The van der Waals surface area contributed by atoms with Crippen molar-refractivity contribution in [3.63, 3.8) is 0 Å². The van der Waals surface area contributed by atoms with Crippen molar-refractivity contribution in [1.29, 1.82) is 0 Å². The first-order valence-corrected chi connectivity index (χ1v) is 10.5. The first-order valence-electron chi connectivity index (χ1n) is 8.67. The zero-order chi connectivity index (χ0) is 21.0. The summed E-state index contributed by atoms with van der Waals surface area (Å²) in [7, 11) is -4.05. The van der Waals surface area contributed by atoms with Crippen LogP contribution in [0.4, 0.5) is 15.8 Å². The molecule has 0 aliphatic heterocycles. The van der Waals surface area contributed by atoms with Crippen molar-refractivity contribution >= 4 is 38.9 Å². The molecule has 0 bridgehead atoms. The summed E-state index contributed by atoms with van der Waals surface area (Å²) in [4.78, 5) is 12.6. The van der Waals surface area contributed by atoms with Gasteiger partial charge in [0.2, 0.25) is 5.91 Å². The van der Waals surface area contributed by atoms with E-state index in [1.54, 1.807) is 43.3 Å². The highest BCUT2D eigenvalue weighted by molar-refractivity contribution is 7.92. The van der Waals surface area contributed by atoms with E-state index in [0.717, 1.165) is 4.31 Å². The van der Waals surface area contributed by atoms with E-state index < -0.39 is 28.3 Å². The van der Waals surface area contributed by atoms with E-state index in [2.05, 4.69) is 5.32 Å². The van der Waals surface area contributed by atoms with Crippen LogP contribution in [0.1, 0.15) is 5.56 Å². The predicted octanol–water partition coefficient (Wildman–Crippen LogP) is 4.62. The van der Waals surface area contributed by atoms with Crippen molar-refractivity contribution in [3.05, 3.63) is 89.2 Å². The zero-order valence-corrected chi connectivity index (χ0v) is 17.0. The van der Waals surface area contributed by atoms with Gasteiger partial charge in [-0.05, 0) is 55.0 Å². The minimum atomic E-state index is -4.05. The molecule has 5 nitrogen and oxygen atoms in total. The summed E-state index contributed by atoms with van der Waals surface area (Å²) in [5.74, 6) is -1.29. The lowest BCUT2D eigenvalue weighted by molar-refractivity contribution is -0.114. The molecule has 0 aliphatic rings. The van der Waals surface area contributed by atoms with E-state index in [1.165, 1.54) is 36.4 Å². The Morgan fingerprint density at radius 1 is 1.03 bits per heavy atom. The number of aryl methyl sites for hydroxylation is 1. The van der Waals surface area contributed by atoms with Gasteiger partial charge in [-0.15, -0.1) is 0 Å². The van der Waals surface area contributed by atoms with Gasteiger partial charge in [-0.1, -0.05) is 41.9 Å². The fourth-order valence-corrected chi connectivity index (χ4v) is 4.53. The third kappa shape index (κ3) is 4.75. The summed E-state index contributed by atoms with van der Waals surface area (Å²) in [6, 6.07) is 18.1. The van der Waals surface area contributed by atoms with Crippen LogP contribution in [-0.2, 0) is 14.8 Å². The molecule has 0 unspecified atom stereocenters. The average Bonchev–Trinajstić information content (AvgIpc) is 2.69. The van der Waals surface area contributed by atoms with Gasteiger partial charge in [-0.25, -0.2) is 12.8 Å². The van der Waals surface area contributed by atoms with E-state index in [1.807, 2.05) is 0 Å². The van der Waals surface area contributed by atoms with Crippen molar-refractivity contribution in [2.45, 2.75) is 11.8 Å². The molecule has 0 aromatic heterocycles. The number of hydrogen-bond donors (Lipinski definition) is 1. The molecule has 150 valence electrons. The van der Waals surface area contributed by atoms with Gasteiger partial charge >= 0.3 is 0 Å². The fraction of sp³-hybridized carbons (Fsp3) is 0.0952. The standard InChI is InChI=1S/C21H18ClFN2O3S/c1-15-13-16(22)11-12-20(15)25(29(27,28)17-7-3-2-4-8-17)14-21(26)24-19-10-6-5-9-18(19)23/h2-13H,14H2,1H3,(H,24,26).